The molecule has 0 atom stereocenters. The lowest BCUT2D eigenvalue weighted by molar-refractivity contribution is -0.116. The molecule has 25 heavy (non-hydrogen) atoms. The Morgan fingerprint density at radius 1 is 1.08 bits per heavy atom. The Bertz CT molecular complexity index is 848. The molecule has 1 N–H and O–H groups in total. The van der Waals surface area contributed by atoms with Gasteiger partial charge >= 0.3 is 0 Å². The van der Waals surface area contributed by atoms with Crippen molar-refractivity contribution in [3.8, 4) is 17.2 Å². The van der Waals surface area contributed by atoms with Crippen molar-refractivity contribution in [2.24, 2.45) is 0 Å². The second-order valence-electron chi connectivity index (χ2n) is 5.53. The number of rotatable bonds is 5. The summed E-state index contributed by atoms with van der Waals surface area (Å²) < 4.78 is 5.92. The van der Waals surface area contributed by atoms with Gasteiger partial charge in [0.1, 0.15) is 17.2 Å². The molecular weight excluding hydrogens is 316 g/mol. The minimum absolute atomic E-state index is 0.126. The first kappa shape index (κ1) is 16.5. The lowest BCUT2D eigenvalue weighted by Crippen LogP contribution is -2.28. The fraction of sp³-hybridized carbons (Fsp3) is 0.100. The van der Waals surface area contributed by atoms with E-state index in [-0.39, 0.29) is 11.7 Å². The molecule has 1 amide bonds. The van der Waals surface area contributed by atoms with Gasteiger partial charge in [0.05, 0.1) is 12.7 Å². The van der Waals surface area contributed by atoms with Crippen LogP contribution in [0.5, 0.6) is 17.2 Å². The van der Waals surface area contributed by atoms with Gasteiger partial charge in [-0.2, -0.15) is 0 Å². The van der Waals surface area contributed by atoms with E-state index in [9.17, 15) is 9.90 Å². The molecule has 126 valence electrons. The second kappa shape index (κ2) is 7.49. The average Bonchev–Trinajstić information content (AvgIpc) is 2.63. The van der Waals surface area contributed by atoms with Gasteiger partial charge in [0, 0.05) is 19.2 Å². The molecule has 0 aliphatic heterocycles. The molecule has 5 nitrogen and oxygen atoms in total. The number of aromatic hydroxyl groups is 1. The SMILES string of the molecule is CC(=O)N(Cc1ccc(O)cc1)c1cnccc1Oc1ccccc1. The quantitative estimate of drug-likeness (QED) is 0.762. The molecule has 0 fully saturated rings. The van der Waals surface area contributed by atoms with E-state index in [2.05, 4.69) is 4.98 Å². The molecule has 1 aromatic heterocycles. The Labute approximate surface area is 146 Å². The summed E-state index contributed by atoms with van der Waals surface area (Å²) in [5, 5.41) is 9.41. The first-order valence-corrected chi connectivity index (χ1v) is 7.86. The predicted molar refractivity (Wildman–Crippen MR) is 95.7 cm³/mol. The van der Waals surface area contributed by atoms with E-state index in [1.807, 2.05) is 30.3 Å². The molecule has 3 rings (SSSR count). The minimum atomic E-state index is -0.126. The maximum Gasteiger partial charge on any atom is 0.224 e. The molecule has 3 aromatic rings. The van der Waals surface area contributed by atoms with Gasteiger partial charge in [-0.3, -0.25) is 9.78 Å². The third-order valence-electron chi connectivity index (χ3n) is 3.68. The Hall–Kier alpha value is -3.34. The van der Waals surface area contributed by atoms with Crippen LogP contribution in [0.3, 0.4) is 0 Å². The van der Waals surface area contributed by atoms with Crippen LogP contribution in [-0.2, 0) is 11.3 Å². The van der Waals surface area contributed by atoms with Crippen molar-refractivity contribution < 1.29 is 14.6 Å². The van der Waals surface area contributed by atoms with Gasteiger partial charge in [-0.25, -0.2) is 0 Å². The molecule has 5 heteroatoms. The number of anilines is 1. The molecule has 0 unspecified atom stereocenters. The summed E-state index contributed by atoms with van der Waals surface area (Å²) in [5.74, 6) is 1.30. The van der Waals surface area contributed by atoms with E-state index in [1.165, 1.54) is 6.92 Å². The fourth-order valence-corrected chi connectivity index (χ4v) is 2.43. The molecule has 1 heterocycles. The van der Waals surface area contributed by atoms with Crippen LogP contribution < -0.4 is 9.64 Å². The average molecular weight is 334 g/mol. The van der Waals surface area contributed by atoms with Crippen molar-refractivity contribution in [3.63, 3.8) is 0 Å². The number of ether oxygens (including phenoxy) is 1. The monoisotopic (exact) mass is 334 g/mol. The third-order valence-corrected chi connectivity index (χ3v) is 3.68. The number of carbonyl (C=O) groups excluding carboxylic acids is 1. The highest BCUT2D eigenvalue weighted by atomic mass is 16.5. The number of carbonyl (C=O) groups is 1. The normalized spacial score (nSPS) is 10.3. The van der Waals surface area contributed by atoms with Crippen molar-refractivity contribution >= 4 is 11.6 Å². The summed E-state index contributed by atoms with van der Waals surface area (Å²) in [6, 6.07) is 17.9. The van der Waals surface area contributed by atoms with E-state index in [1.54, 1.807) is 47.6 Å². The largest absolute Gasteiger partial charge is 0.508 e. The van der Waals surface area contributed by atoms with Crippen molar-refractivity contribution in [2.45, 2.75) is 13.5 Å². The Balaban J connectivity index is 1.91. The zero-order chi connectivity index (χ0) is 17.6. The lowest BCUT2D eigenvalue weighted by Gasteiger charge is -2.23. The van der Waals surface area contributed by atoms with Crippen LogP contribution in [0, 0.1) is 0 Å². The number of phenols is 1. The van der Waals surface area contributed by atoms with Crippen LogP contribution in [0.15, 0.2) is 73.1 Å². The fourth-order valence-electron chi connectivity index (χ4n) is 2.43. The molecule has 0 aliphatic carbocycles. The standard InChI is InChI=1S/C20H18N2O3/c1-15(23)22(14-16-7-9-17(24)10-8-16)19-13-21-12-11-20(19)25-18-5-3-2-4-6-18/h2-13,24H,14H2,1H3. The van der Waals surface area contributed by atoms with Crippen LogP contribution >= 0.6 is 0 Å². The molecule has 0 saturated heterocycles. The van der Waals surface area contributed by atoms with Crippen LogP contribution in [0.4, 0.5) is 5.69 Å². The summed E-state index contributed by atoms with van der Waals surface area (Å²) in [4.78, 5) is 17.9. The number of para-hydroxylation sites is 1. The van der Waals surface area contributed by atoms with Gasteiger partial charge in [-0.05, 0) is 29.8 Å². The third kappa shape index (κ3) is 4.14. The zero-order valence-corrected chi connectivity index (χ0v) is 13.8. The number of amides is 1. The number of nitrogens with zero attached hydrogens (tertiary/aromatic N) is 2. The summed E-state index contributed by atoms with van der Waals surface area (Å²) in [7, 11) is 0. The van der Waals surface area contributed by atoms with Crippen molar-refractivity contribution in [1.29, 1.82) is 0 Å². The zero-order valence-electron chi connectivity index (χ0n) is 13.8. The molecule has 2 aromatic carbocycles. The molecule has 0 radical (unpaired) electrons. The van der Waals surface area contributed by atoms with E-state index in [4.69, 9.17) is 4.74 Å². The molecule has 0 bridgehead atoms. The number of benzene rings is 2. The van der Waals surface area contributed by atoms with Gasteiger partial charge in [0.25, 0.3) is 0 Å². The highest BCUT2D eigenvalue weighted by Crippen LogP contribution is 2.32. The van der Waals surface area contributed by atoms with Gasteiger partial charge in [-0.1, -0.05) is 30.3 Å². The van der Waals surface area contributed by atoms with Crippen LogP contribution in [0.1, 0.15) is 12.5 Å². The highest BCUT2D eigenvalue weighted by molar-refractivity contribution is 5.92. The topological polar surface area (TPSA) is 62.7 Å². The summed E-state index contributed by atoms with van der Waals surface area (Å²) in [6.07, 6.45) is 3.24. The number of pyridine rings is 1. The Kier molecular flexibility index (Phi) is 4.95. The van der Waals surface area contributed by atoms with E-state index in [0.29, 0.717) is 23.7 Å². The van der Waals surface area contributed by atoms with Crippen LogP contribution in [-0.4, -0.2) is 16.0 Å². The molecule has 0 aliphatic rings. The van der Waals surface area contributed by atoms with E-state index in [0.717, 1.165) is 5.56 Å². The predicted octanol–water partition coefficient (Wildman–Crippen LogP) is 4.13. The number of hydrogen-bond donors (Lipinski definition) is 1. The molecule has 0 saturated carbocycles. The van der Waals surface area contributed by atoms with Crippen molar-refractivity contribution in [3.05, 3.63) is 78.6 Å². The highest BCUT2D eigenvalue weighted by Gasteiger charge is 2.17. The first-order valence-electron chi connectivity index (χ1n) is 7.86. The van der Waals surface area contributed by atoms with E-state index >= 15 is 0 Å². The van der Waals surface area contributed by atoms with Crippen LogP contribution in [0.2, 0.25) is 0 Å². The summed E-state index contributed by atoms with van der Waals surface area (Å²) in [5.41, 5.74) is 1.48. The lowest BCUT2D eigenvalue weighted by atomic mass is 10.2. The smallest absolute Gasteiger partial charge is 0.224 e. The Morgan fingerprint density at radius 3 is 2.48 bits per heavy atom. The van der Waals surface area contributed by atoms with Crippen LogP contribution in [0.25, 0.3) is 0 Å². The number of aromatic nitrogens is 1. The van der Waals surface area contributed by atoms with Crippen molar-refractivity contribution in [1.82, 2.24) is 4.98 Å². The summed E-state index contributed by atoms with van der Waals surface area (Å²) in [6.45, 7) is 1.85. The van der Waals surface area contributed by atoms with Gasteiger partial charge < -0.3 is 14.7 Å². The molecule has 0 spiro atoms. The van der Waals surface area contributed by atoms with Gasteiger partial charge in [0.2, 0.25) is 5.91 Å². The number of hydrogen-bond acceptors (Lipinski definition) is 4. The Morgan fingerprint density at radius 2 is 1.80 bits per heavy atom. The van der Waals surface area contributed by atoms with Gasteiger partial charge in [-0.15, -0.1) is 0 Å². The summed E-state index contributed by atoms with van der Waals surface area (Å²) >= 11 is 0. The number of phenolic OH excluding ortho intramolecular Hbond substituents is 1. The maximum absolute atomic E-state index is 12.2. The maximum atomic E-state index is 12.2. The first-order chi connectivity index (χ1) is 12.1. The second-order valence-corrected chi connectivity index (χ2v) is 5.53. The minimum Gasteiger partial charge on any atom is -0.508 e. The van der Waals surface area contributed by atoms with Crippen molar-refractivity contribution in [2.75, 3.05) is 4.90 Å². The van der Waals surface area contributed by atoms with E-state index < -0.39 is 0 Å². The molecular formula is C20H18N2O3. The van der Waals surface area contributed by atoms with Gasteiger partial charge in [0.15, 0.2) is 5.75 Å².